The quantitative estimate of drug-likeness (QED) is 0.154. The van der Waals surface area contributed by atoms with Crippen LogP contribution in [-0.2, 0) is 10.3 Å². The number of carbonyl (C=O) groups excluding carboxylic acids is 2. The first-order valence-corrected chi connectivity index (χ1v) is 17.3. The Balaban J connectivity index is 0.000000649. The van der Waals surface area contributed by atoms with Crippen molar-refractivity contribution < 1.29 is 32.7 Å². The molecule has 1 saturated carbocycles. The molecule has 2 fully saturated rings. The maximum absolute atomic E-state index is 13.4. The summed E-state index contributed by atoms with van der Waals surface area (Å²) in [6.07, 6.45) is 1.85. The number of nitrogens with one attached hydrogen (secondary N) is 2. The highest BCUT2D eigenvalue weighted by molar-refractivity contribution is 6.04. The largest absolute Gasteiger partial charge is 0.490 e. The number of nitrogens with zero attached hydrogens (tertiary/aromatic N) is 4. The molecule has 13 heteroatoms. The Labute approximate surface area is 310 Å². The lowest BCUT2D eigenvalue weighted by Gasteiger charge is -2.51. The van der Waals surface area contributed by atoms with E-state index < -0.39 is 12.1 Å². The molecule has 10 nitrogen and oxygen atoms in total. The molecule has 2 heterocycles. The molecule has 5 aromatic rings. The number of hydrogen-bond donors (Lipinski definition) is 3. The Kier molecular flexibility index (Phi) is 10.7. The van der Waals surface area contributed by atoms with Crippen molar-refractivity contribution in [3.8, 4) is 11.4 Å². The predicted octanol–water partition coefficient (Wildman–Crippen LogP) is 8.21. The number of hydrogen-bond acceptors (Lipinski definition) is 6. The van der Waals surface area contributed by atoms with E-state index in [0.717, 1.165) is 36.9 Å². The molecule has 2 aliphatic rings. The summed E-state index contributed by atoms with van der Waals surface area (Å²) in [5.74, 6) is -2.41. The van der Waals surface area contributed by atoms with Crippen LogP contribution in [0.3, 0.4) is 0 Å². The minimum Gasteiger partial charge on any atom is -0.475 e. The van der Waals surface area contributed by atoms with Gasteiger partial charge >= 0.3 is 18.2 Å². The second kappa shape index (κ2) is 15.4. The summed E-state index contributed by atoms with van der Waals surface area (Å²) in [6, 6.07) is 35.8. The summed E-state index contributed by atoms with van der Waals surface area (Å²) in [6.45, 7) is 2.73. The molecule has 54 heavy (non-hydrogen) atoms. The van der Waals surface area contributed by atoms with E-state index >= 15 is 0 Å². The molecule has 0 radical (unpaired) electrons. The Morgan fingerprint density at radius 2 is 1.39 bits per heavy atom. The number of urea groups is 1. The van der Waals surface area contributed by atoms with Crippen molar-refractivity contribution >= 4 is 35.0 Å². The first-order chi connectivity index (χ1) is 25.8. The molecule has 3 N–H and O–H groups in total. The third-order valence-corrected chi connectivity index (χ3v) is 10.2. The number of para-hydroxylation sites is 2. The van der Waals surface area contributed by atoms with Crippen molar-refractivity contribution in [1.29, 1.82) is 0 Å². The van der Waals surface area contributed by atoms with Crippen LogP contribution in [0.4, 0.5) is 35.0 Å². The summed E-state index contributed by atoms with van der Waals surface area (Å²) in [5.41, 5.74) is 6.02. The second-order valence-corrected chi connectivity index (χ2v) is 13.5. The van der Waals surface area contributed by atoms with Crippen LogP contribution in [0.15, 0.2) is 122 Å². The van der Waals surface area contributed by atoms with Gasteiger partial charge in [-0.15, -0.1) is 0 Å². The molecule has 0 unspecified atom stereocenters. The second-order valence-electron chi connectivity index (χ2n) is 13.5. The van der Waals surface area contributed by atoms with Crippen LogP contribution in [0.2, 0.25) is 0 Å². The minimum absolute atomic E-state index is 0.116. The summed E-state index contributed by atoms with van der Waals surface area (Å²) >= 11 is 0. The lowest BCUT2D eigenvalue weighted by Crippen LogP contribution is -2.55. The van der Waals surface area contributed by atoms with Gasteiger partial charge in [-0.1, -0.05) is 78.9 Å². The molecule has 0 bridgehead atoms. The normalized spacial score (nSPS) is 19.4. The van der Waals surface area contributed by atoms with Gasteiger partial charge in [-0.3, -0.25) is 9.69 Å². The zero-order valence-electron chi connectivity index (χ0n) is 29.7. The molecule has 278 valence electrons. The van der Waals surface area contributed by atoms with Gasteiger partial charge < -0.3 is 20.6 Å². The van der Waals surface area contributed by atoms with Crippen molar-refractivity contribution in [3.63, 3.8) is 0 Å². The number of aliphatic carboxylic acids is 1. The van der Waals surface area contributed by atoms with E-state index in [4.69, 9.17) is 9.90 Å². The Morgan fingerprint density at radius 3 is 1.96 bits per heavy atom. The number of aryl methyl sites for hydroxylation is 1. The molecule has 4 aromatic carbocycles. The average Bonchev–Trinajstić information content (AvgIpc) is 3.51. The molecule has 1 saturated heterocycles. The fraction of sp³-hybridized carbons (Fsp3) is 0.244. The van der Waals surface area contributed by atoms with E-state index in [-0.39, 0.29) is 23.0 Å². The number of carboxylic acids is 1. The average molecular weight is 737 g/mol. The van der Waals surface area contributed by atoms with Crippen molar-refractivity contribution in [2.75, 3.05) is 28.7 Å². The molecule has 7 rings (SSSR count). The van der Waals surface area contributed by atoms with Crippen molar-refractivity contribution in [2.24, 2.45) is 0 Å². The smallest absolute Gasteiger partial charge is 0.475 e. The fourth-order valence-electron chi connectivity index (χ4n) is 7.18. The monoisotopic (exact) mass is 736 g/mol. The lowest BCUT2D eigenvalue weighted by molar-refractivity contribution is -0.192. The van der Waals surface area contributed by atoms with Crippen molar-refractivity contribution in [1.82, 2.24) is 15.3 Å². The zero-order chi connectivity index (χ0) is 38.5. The van der Waals surface area contributed by atoms with Crippen LogP contribution in [0.5, 0.6) is 0 Å². The summed E-state index contributed by atoms with van der Waals surface area (Å²) < 4.78 is 31.7. The summed E-state index contributed by atoms with van der Waals surface area (Å²) in [4.78, 5) is 48.3. The number of amides is 3. The highest BCUT2D eigenvalue weighted by atomic mass is 19.4. The molecule has 1 aromatic heterocycles. The predicted molar refractivity (Wildman–Crippen MR) is 200 cm³/mol. The maximum Gasteiger partial charge on any atom is 0.490 e. The number of alkyl halides is 3. The summed E-state index contributed by atoms with van der Waals surface area (Å²) in [7, 11) is 2.21. The van der Waals surface area contributed by atoms with Gasteiger partial charge in [0.05, 0.1) is 35.7 Å². The number of aromatic nitrogens is 2. The number of carbonyl (C=O) groups is 3. The van der Waals surface area contributed by atoms with Gasteiger partial charge in [-0.25, -0.2) is 19.6 Å². The van der Waals surface area contributed by atoms with Crippen LogP contribution in [-0.4, -0.2) is 58.3 Å². The number of rotatable bonds is 7. The molecule has 1 aliphatic carbocycles. The number of halogens is 3. The first kappa shape index (κ1) is 37.5. The number of anilines is 3. The highest BCUT2D eigenvalue weighted by Crippen LogP contribution is 2.48. The van der Waals surface area contributed by atoms with E-state index in [1.807, 2.05) is 42.5 Å². The third-order valence-electron chi connectivity index (χ3n) is 10.2. The van der Waals surface area contributed by atoms with Crippen LogP contribution >= 0.6 is 0 Å². The molecular weight excluding hydrogens is 697 g/mol. The van der Waals surface area contributed by atoms with Crippen LogP contribution in [0.1, 0.15) is 47.2 Å². The molecule has 1 aliphatic heterocycles. The van der Waals surface area contributed by atoms with Gasteiger partial charge in [0.1, 0.15) is 0 Å². The highest BCUT2D eigenvalue weighted by Gasteiger charge is 2.51. The maximum atomic E-state index is 13.4. The van der Waals surface area contributed by atoms with E-state index in [1.165, 1.54) is 16.8 Å². The van der Waals surface area contributed by atoms with Gasteiger partial charge in [-0.2, -0.15) is 13.2 Å². The van der Waals surface area contributed by atoms with Gasteiger partial charge in [0, 0.05) is 29.5 Å². The van der Waals surface area contributed by atoms with E-state index in [9.17, 15) is 22.8 Å². The third kappa shape index (κ3) is 8.04. The minimum atomic E-state index is -5.08. The Bertz CT molecular complexity index is 2090. The van der Waals surface area contributed by atoms with Gasteiger partial charge in [0.25, 0.3) is 5.91 Å². The van der Waals surface area contributed by atoms with Crippen molar-refractivity contribution in [2.45, 2.75) is 49.9 Å². The summed E-state index contributed by atoms with van der Waals surface area (Å²) in [5, 5.41) is 13.4. The van der Waals surface area contributed by atoms with E-state index in [1.54, 1.807) is 29.4 Å². The number of benzene rings is 4. The van der Waals surface area contributed by atoms with Crippen LogP contribution in [0.25, 0.3) is 11.4 Å². The van der Waals surface area contributed by atoms with Gasteiger partial charge in [-0.05, 0) is 74.1 Å². The van der Waals surface area contributed by atoms with Crippen molar-refractivity contribution in [3.05, 3.63) is 138 Å². The van der Waals surface area contributed by atoms with Gasteiger partial charge in [0.15, 0.2) is 5.82 Å². The van der Waals surface area contributed by atoms with Gasteiger partial charge in [0.2, 0.25) is 0 Å². The van der Waals surface area contributed by atoms with Crippen LogP contribution in [0, 0.1) is 6.92 Å². The Hall–Kier alpha value is -6.24. The Morgan fingerprint density at radius 1 is 0.833 bits per heavy atom. The first-order valence-electron chi connectivity index (χ1n) is 17.3. The lowest BCUT2D eigenvalue weighted by atomic mass is 9.68. The molecule has 3 amide bonds. The topological polar surface area (TPSA) is 128 Å². The molecule has 0 atom stereocenters. The van der Waals surface area contributed by atoms with Crippen LogP contribution < -0.4 is 20.4 Å². The standard InChI is InChI=1S/C39H38N6O2.C2HF3O2/c1-28-11-9-10-16-34(28)44(2)39(31-12-5-3-6-13-31)23-21-38(22-24-39)27-45(37(47)43-38)33-25-40-35(41-26-33)29-17-19-30(20-18-29)36(46)42-32-14-7-4-8-15-32;3-2(4,5)1(6)7/h3-20,25-26H,21-24,27H2,1-2H3,(H,42,46)(H,43,47);(H,6,7). The fourth-order valence-corrected chi connectivity index (χ4v) is 7.18. The van der Waals surface area contributed by atoms with E-state index in [2.05, 4.69) is 94.1 Å². The zero-order valence-corrected chi connectivity index (χ0v) is 29.7. The number of carboxylic acid groups (broad SMARTS) is 1. The molecule has 1 spiro atoms. The SMILES string of the molecule is Cc1ccccc1N(C)C1(c2ccccc2)CCC2(CC1)CN(c1cnc(-c3ccc(C(=O)Nc4ccccc4)cc3)nc1)C(=O)N2.O=C(O)C(F)(F)F. The van der Waals surface area contributed by atoms with E-state index in [0.29, 0.717) is 23.6 Å². The molecular formula is C41H39F3N6O4.